The van der Waals surface area contributed by atoms with Crippen molar-refractivity contribution >= 4 is 0 Å². The van der Waals surface area contributed by atoms with Crippen molar-refractivity contribution in [3.05, 3.63) is 34.9 Å². The van der Waals surface area contributed by atoms with Gasteiger partial charge in [-0.3, -0.25) is 0 Å². The molecule has 18 heavy (non-hydrogen) atoms. The molecule has 0 radical (unpaired) electrons. The largest absolute Gasteiger partial charge is 0.306 e. The summed E-state index contributed by atoms with van der Waals surface area (Å²) in [5.41, 5.74) is 4.44. The standard InChI is InChI=1S/C17H31N/c1-15(2)9-7-10-16(3)11-8-12-17(4)13-14-18(5)6/h9,11,13H,7-8,10,12,14H2,1-6H3/b16-11+,17-13+. The third kappa shape index (κ3) is 11.7. The molecule has 0 saturated heterocycles. The van der Waals surface area contributed by atoms with E-state index in [1.165, 1.54) is 42.4 Å². The third-order valence-electron chi connectivity index (χ3n) is 2.93. The summed E-state index contributed by atoms with van der Waals surface area (Å²) in [6.45, 7) is 9.86. The van der Waals surface area contributed by atoms with Crippen LogP contribution in [0.1, 0.15) is 53.4 Å². The second kappa shape index (κ2) is 10.1. The molecule has 0 N–H and O–H groups in total. The quantitative estimate of drug-likeness (QED) is 0.549. The first-order valence-electron chi connectivity index (χ1n) is 7.01. The van der Waals surface area contributed by atoms with Crippen LogP contribution < -0.4 is 0 Å². The van der Waals surface area contributed by atoms with E-state index in [2.05, 4.69) is 64.9 Å². The minimum Gasteiger partial charge on any atom is -0.306 e. The molecule has 0 saturated carbocycles. The molecule has 0 atom stereocenters. The number of rotatable bonds is 8. The van der Waals surface area contributed by atoms with E-state index in [1.54, 1.807) is 0 Å². The van der Waals surface area contributed by atoms with Crippen LogP contribution >= 0.6 is 0 Å². The molecule has 0 aromatic heterocycles. The second-order valence-corrected chi connectivity index (χ2v) is 5.72. The van der Waals surface area contributed by atoms with E-state index in [1.807, 2.05) is 0 Å². The maximum absolute atomic E-state index is 2.39. The molecular formula is C17H31N. The van der Waals surface area contributed by atoms with Crippen LogP contribution in [0.25, 0.3) is 0 Å². The Bertz CT molecular complexity index is 302. The van der Waals surface area contributed by atoms with Crippen LogP contribution in [-0.4, -0.2) is 25.5 Å². The van der Waals surface area contributed by atoms with Crippen molar-refractivity contribution in [3.8, 4) is 0 Å². The maximum Gasteiger partial charge on any atom is 0.0159 e. The monoisotopic (exact) mass is 249 g/mol. The molecule has 0 aliphatic rings. The lowest BCUT2D eigenvalue weighted by Gasteiger charge is -2.06. The van der Waals surface area contributed by atoms with Gasteiger partial charge in [-0.05, 0) is 67.5 Å². The highest BCUT2D eigenvalue weighted by atomic mass is 15.0. The first-order valence-corrected chi connectivity index (χ1v) is 7.01. The molecule has 0 rings (SSSR count). The van der Waals surface area contributed by atoms with Crippen molar-refractivity contribution in [3.63, 3.8) is 0 Å². The second-order valence-electron chi connectivity index (χ2n) is 5.72. The molecule has 0 aliphatic carbocycles. The number of nitrogens with zero attached hydrogens (tertiary/aromatic N) is 1. The summed E-state index contributed by atoms with van der Waals surface area (Å²) in [5, 5.41) is 0. The normalized spacial score (nSPS) is 13.1. The summed E-state index contributed by atoms with van der Waals surface area (Å²) >= 11 is 0. The highest BCUT2D eigenvalue weighted by molar-refractivity contribution is 5.05. The van der Waals surface area contributed by atoms with Gasteiger partial charge in [0.1, 0.15) is 0 Å². The van der Waals surface area contributed by atoms with Crippen molar-refractivity contribution in [2.24, 2.45) is 0 Å². The van der Waals surface area contributed by atoms with E-state index in [0.29, 0.717) is 0 Å². The first kappa shape index (κ1) is 17.2. The third-order valence-corrected chi connectivity index (χ3v) is 2.93. The molecule has 0 heterocycles. The number of hydrogen-bond acceptors (Lipinski definition) is 1. The van der Waals surface area contributed by atoms with Crippen molar-refractivity contribution in [2.75, 3.05) is 20.6 Å². The van der Waals surface area contributed by atoms with Gasteiger partial charge in [0, 0.05) is 6.54 Å². The molecule has 1 nitrogen and oxygen atoms in total. The molecule has 0 amide bonds. The molecule has 0 bridgehead atoms. The van der Waals surface area contributed by atoms with Crippen molar-refractivity contribution in [2.45, 2.75) is 53.4 Å². The van der Waals surface area contributed by atoms with Crippen molar-refractivity contribution in [1.29, 1.82) is 0 Å². The lowest BCUT2D eigenvalue weighted by Crippen LogP contribution is -2.10. The highest BCUT2D eigenvalue weighted by Gasteiger charge is 1.92. The van der Waals surface area contributed by atoms with Gasteiger partial charge in [0.25, 0.3) is 0 Å². The summed E-state index contributed by atoms with van der Waals surface area (Å²) < 4.78 is 0. The molecule has 104 valence electrons. The topological polar surface area (TPSA) is 3.24 Å². The molecule has 0 aromatic rings. The fraction of sp³-hybridized carbons (Fsp3) is 0.647. The van der Waals surface area contributed by atoms with Crippen LogP contribution in [0.3, 0.4) is 0 Å². The maximum atomic E-state index is 2.39. The van der Waals surface area contributed by atoms with Gasteiger partial charge in [-0.15, -0.1) is 0 Å². The minimum absolute atomic E-state index is 1.05. The summed E-state index contributed by atoms with van der Waals surface area (Å²) in [6.07, 6.45) is 11.8. The lowest BCUT2D eigenvalue weighted by molar-refractivity contribution is 0.455. The van der Waals surface area contributed by atoms with Crippen LogP contribution in [0, 0.1) is 0 Å². The van der Waals surface area contributed by atoms with E-state index in [4.69, 9.17) is 0 Å². The van der Waals surface area contributed by atoms with Gasteiger partial charge in [-0.2, -0.15) is 0 Å². The van der Waals surface area contributed by atoms with Gasteiger partial charge in [0.15, 0.2) is 0 Å². The average Bonchev–Trinajstić information content (AvgIpc) is 2.25. The van der Waals surface area contributed by atoms with Crippen LogP contribution in [0.4, 0.5) is 0 Å². The number of hydrogen-bond donors (Lipinski definition) is 0. The molecule has 0 aromatic carbocycles. The Balaban J connectivity index is 3.86. The zero-order valence-electron chi connectivity index (χ0n) is 13.2. The van der Waals surface area contributed by atoms with Crippen LogP contribution in [-0.2, 0) is 0 Å². The molecule has 1 heteroatoms. The molecule has 0 unspecified atom stereocenters. The van der Waals surface area contributed by atoms with Gasteiger partial charge >= 0.3 is 0 Å². The fourth-order valence-corrected chi connectivity index (χ4v) is 1.68. The summed E-state index contributed by atoms with van der Waals surface area (Å²) in [4.78, 5) is 2.20. The van der Waals surface area contributed by atoms with Gasteiger partial charge in [-0.1, -0.05) is 34.9 Å². The van der Waals surface area contributed by atoms with Crippen LogP contribution in [0.5, 0.6) is 0 Å². The van der Waals surface area contributed by atoms with Crippen molar-refractivity contribution < 1.29 is 0 Å². The summed E-state index contributed by atoms with van der Waals surface area (Å²) in [5.74, 6) is 0. The highest BCUT2D eigenvalue weighted by Crippen LogP contribution is 2.11. The van der Waals surface area contributed by atoms with E-state index in [-0.39, 0.29) is 0 Å². The van der Waals surface area contributed by atoms with Gasteiger partial charge in [0.2, 0.25) is 0 Å². The Kier molecular flexibility index (Phi) is 9.67. The summed E-state index contributed by atoms with van der Waals surface area (Å²) in [7, 11) is 4.22. The minimum atomic E-state index is 1.05. The Morgan fingerprint density at radius 3 is 1.78 bits per heavy atom. The zero-order valence-corrected chi connectivity index (χ0v) is 13.2. The summed E-state index contributed by atoms with van der Waals surface area (Å²) in [6, 6.07) is 0. The molecular weight excluding hydrogens is 218 g/mol. The predicted octanol–water partition coefficient (Wildman–Crippen LogP) is 4.97. The first-order chi connectivity index (χ1) is 8.41. The van der Waals surface area contributed by atoms with Crippen molar-refractivity contribution in [1.82, 2.24) is 4.90 Å². The molecule has 0 spiro atoms. The fourth-order valence-electron chi connectivity index (χ4n) is 1.68. The number of allylic oxidation sites excluding steroid dienone is 5. The lowest BCUT2D eigenvalue weighted by atomic mass is 10.1. The van der Waals surface area contributed by atoms with Crippen LogP contribution in [0.2, 0.25) is 0 Å². The van der Waals surface area contributed by atoms with Gasteiger partial charge in [0.05, 0.1) is 0 Å². The van der Waals surface area contributed by atoms with Gasteiger partial charge < -0.3 is 4.90 Å². The van der Waals surface area contributed by atoms with Crippen LogP contribution in [0.15, 0.2) is 34.9 Å². The SMILES string of the molecule is CC(C)=CCC/C(C)=C/CC/C(C)=C/CN(C)C. The Morgan fingerprint density at radius 1 is 0.778 bits per heavy atom. The van der Waals surface area contributed by atoms with E-state index < -0.39 is 0 Å². The zero-order chi connectivity index (χ0) is 14.0. The van der Waals surface area contributed by atoms with E-state index in [9.17, 15) is 0 Å². The Hall–Kier alpha value is -0.820. The predicted molar refractivity (Wildman–Crippen MR) is 84.0 cm³/mol. The smallest absolute Gasteiger partial charge is 0.0159 e. The number of likely N-dealkylation sites (N-methyl/N-ethyl adjacent to an activating group) is 1. The van der Waals surface area contributed by atoms with E-state index >= 15 is 0 Å². The Morgan fingerprint density at radius 2 is 1.28 bits per heavy atom. The molecule has 0 aliphatic heterocycles. The van der Waals surface area contributed by atoms with E-state index in [0.717, 1.165) is 6.54 Å². The Labute approximate surface area is 114 Å². The average molecular weight is 249 g/mol. The molecule has 0 fully saturated rings. The van der Waals surface area contributed by atoms with Gasteiger partial charge in [-0.25, -0.2) is 0 Å².